The molecule has 0 bridgehead atoms. The van der Waals surface area contributed by atoms with Crippen LogP contribution in [-0.4, -0.2) is 36.5 Å². The molecule has 2 unspecified atom stereocenters. The van der Waals surface area contributed by atoms with E-state index < -0.39 is 0 Å². The third-order valence-electron chi connectivity index (χ3n) is 2.72. The van der Waals surface area contributed by atoms with Crippen molar-refractivity contribution < 1.29 is 9.84 Å². The van der Waals surface area contributed by atoms with Crippen LogP contribution in [0.2, 0.25) is 0 Å². The van der Waals surface area contributed by atoms with Crippen LogP contribution in [0.4, 0.5) is 0 Å². The molecule has 1 aliphatic rings. The maximum Gasteiger partial charge on any atom is 0.0565 e. The van der Waals surface area contributed by atoms with E-state index in [4.69, 9.17) is 9.84 Å². The van der Waals surface area contributed by atoms with Crippen molar-refractivity contribution in [1.82, 2.24) is 5.32 Å². The van der Waals surface area contributed by atoms with Gasteiger partial charge in [-0.05, 0) is 46.1 Å². The van der Waals surface area contributed by atoms with Crippen LogP contribution < -0.4 is 5.32 Å². The van der Waals surface area contributed by atoms with E-state index in [9.17, 15) is 0 Å². The van der Waals surface area contributed by atoms with Crippen LogP contribution in [0, 0.1) is 0 Å². The first-order valence-corrected chi connectivity index (χ1v) is 5.72. The van der Waals surface area contributed by atoms with Gasteiger partial charge in [-0.15, -0.1) is 0 Å². The molecule has 0 aromatic carbocycles. The molecule has 0 spiro atoms. The van der Waals surface area contributed by atoms with Crippen LogP contribution in [0.5, 0.6) is 0 Å². The molecule has 1 rings (SSSR count). The smallest absolute Gasteiger partial charge is 0.0565 e. The van der Waals surface area contributed by atoms with Crippen molar-refractivity contribution in [3.8, 4) is 0 Å². The molecule has 1 heterocycles. The highest BCUT2D eigenvalue weighted by atomic mass is 16.5. The normalized spacial score (nSPS) is 33.2. The molecule has 1 fully saturated rings. The van der Waals surface area contributed by atoms with E-state index in [1.54, 1.807) is 0 Å². The summed E-state index contributed by atoms with van der Waals surface area (Å²) in [6.45, 7) is 5.60. The van der Waals surface area contributed by atoms with Gasteiger partial charge in [-0.2, -0.15) is 0 Å². The maximum absolute atomic E-state index is 8.64. The average Bonchev–Trinajstić information content (AvgIpc) is 2.11. The van der Waals surface area contributed by atoms with E-state index in [-0.39, 0.29) is 0 Å². The first kappa shape index (κ1) is 12.0. The van der Waals surface area contributed by atoms with Crippen molar-refractivity contribution in [3.63, 3.8) is 0 Å². The van der Waals surface area contributed by atoms with Gasteiger partial charge in [-0.1, -0.05) is 0 Å². The van der Waals surface area contributed by atoms with Crippen LogP contribution in [0.1, 0.15) is 39.5 Å². The second-order valence-electron chi connectivity index (χ2n) is 4.31. The monoisotopic (exact) mass is 201 g/mol. The predicted molar refractivity (Wildman–Crippen MR) is 57.4 cm³/mol. The number of rotatable bonds is 5. The van der Waals surface area contributed by atoms with E-state index in [1.165, 1.54) is 0 Å². The van der Waals surface area contributed by atoms with Crippen LogP contribution in [-0.2, 0) is 4.74 Å². The zero-order valence-corrected chi connectivity index (χ0v) is 9.33. The average molecular weight is 201 g/mol. The van der Waals surface area contributed by atoms with Gasteiger partial charge in [-0.3, -0.25) is 0 Å². The van der Waals surface area contributed by atoms with Gasteiger partial charge in [0.15, 0.2) is 0 Å². The highest BCUT2D eigenvalue weighted by molar-refractivity contribution is 4.78. The molecular weight excluding hydrogens is 178 g/mol. The number of nitrogens with one attached hydrogen (secondary N) is 1. The Morgan fingerprint density at radius 3 is 2.43 bits per heavy atom. The third kappa shape index (κ3) is 4.40. The SMILES string of the molecule is CC1CC(NCCCCO)CC(C)O1. The number of aliphatic hydroxyl groups excluding tert-OH is 1. The lowest BCUT2D eigenvalue weighted by Crippen LogP contribution is -2.41. The molecule has 0 aromatic heterocycles. The summed E-state index contributed by atoms with van der Waals surface area (Å²) in [5, 5.41) is 12.2. The van der Waals surface area contributed by atoms with Gasteiger partial charge in [0.05, 0.1) is 12.2 Å². The maximum atomic E-state index is 8.64. The van der Waals surface area contributed by atoms with E-state index in [0.717, 1.165) is 32.2 Å². The molecular formula is C11H23NO2. The summed E-state index contributed by atoms with van der Waals surface area (Å²) in [7, 11) is 0. The quantitative estimate of drug-likeness (QED) is 0.659. The summed E-state index contributed by atoms with van der Waals surface area (Å²) in [5.41, 5.74) is 0. The molecule has 3 heteroatoms. The van der Waals surface area contributed by atoms with Gasteiger partial charge in [0, 0.05) is 12.6 Å². The number of unbranched alkanes of at least 4 members (excludes halogenated alkanes) is 1. The topological polar surface area (TPSA) is 41.5 Å². The fraction of sp³-hybridized carbons (Fsp3) is 1.00. The highest BCUT2D eigenvalue weighted by Crippen LogP contribution is 2.18. The minimum atomic E-state index is 0.308. The summed E-state index contributed by atoms with van der Waals surface area (Å²) < 4.78 is 5.66. The lowest BCUT2D eigenvalue weighted by molar-refractivity contribution is -0.0420. The van der Waals surface area contributed by atoms with Crippen LogP contribution >= 0.6 is 0 Å². The molecule has 1 saturated heterocycles. The fourth-order valence-electron chi connectivity index (χ4n) is 2.11. The Morgan fingerprint density at radius 1 is 1.21 bits per heavy atom. The van der Waals surface area contributed by atoms with Crippen molar-refractivity contribution >= 4 is 0 Å². The van der Waals surface area contributed by atoms with E-state index in [2.05, 4.69) is 19.2 Å². The molecule has 1 aliphatic heterocycles. The molecule has 0 aromatic rings. The Bertz CT molecular complexity index is 142. The molecule has 0 aliphatic carbocycles. The predicted octanol–water partition coefficient (Wildman–Crippen LogP) is 1.30. The molecule has 84 valence electrons. The largest absolute Gasteiger partial charge is 0.396 e. The lowest BCUT2D eigenvalue weighted by Gasteiger charge is -2.32. The molecule has 0 saturated carbocycles. The van der Waals surface area contributed by atoms with Gasteiger partial charge in [0.25, 0.3) is 0 Å². The molecule has 14 heavy (non-hydrogen) atoms. The first-order valence-electron chi connectivity index (χ1n) is 5.72. The second-order valence-corrected chi connectivity index (χ2v) is 4.31. The minimum Gasteiger partial charge on any atom is -0.396 e. The Morgan fingerprint density at radius 2 is 1.86 bits per heavy atom. The zero-order valence-electron chi connectivity index (χ0n) is 9.33. The summed E-state index contributed by atoms with van der Waals surface area (Å²) in [4.78, 5) is 0. The zero-order chi connectivity index (χ0) is 10.4. The van der Waals surface area contributed by atoms with Crippen molar-refractivity contribution in [2.24, 2.45) is 0 Å². The van der Waals surface area contributed by atoms with Gasteiger partial charge in [0.1, 0.15) is 0 Å². The van der Waals surface area contributed by atoms with Crippen molar-refractivity contribution in [3.05, 3.63) is 0 Å². The highest BCUT2D eigenvalue weighted by Gasteiger charge is 2.23. The molecule has 0 radical (unpaired) electrons. The van der Waals surface area contributed by atoms with Crippen molar-refractivity contribution in [1.29, 1.82) is 0 Å². The number of aliphatic hydroxyl groups is 1. The molecule has 2 N–H and O–H groups in total. The van der Waals surface area contributed by atoms with Crippen LogP contribution in [0.15, 0.2) is 0 Å². The summed E-state index contributed by atoms with van der Waals surface area (Å²) in [5.74, 6) is 0. The standard InChI is InChI=1S/C11H23NO2/c1-9-7-11(8-10(2)14-9)12-5-3-4-6-13/h9-13H,3-8H2,1-2H3. The fourth-order valence-corrected chi connectivity index (χ4v) is 2.11. The van der Waals surface area contributed by atoms with Gasteiger partial charge >= 0.3 is 0 Å². The van der Waals surface area contributed by atoms with Crippen molar-refractivity contribution in [2.45, 2.75) is 57.8 Å². The van der Waals surface area contributed by atoms with Crippen LogP contribution in [0.3, 0.4) is 0 Å². The van der Waals surface area contributed by atoms with E-state index in [0.29, 0.717) is 24.9 Å². The van der Waals surface area contributed by atoms with Gasteiger partial charge < -0.3 is 15.2 Å². The second kappa shape index (κ2) is 6.38. The number of ether oxygens (including phenoxy) is 1. The summed E-state index contributed by atoms with van der Waals surface area (Å²) in [6.07, 6.45) is 4.97. The lowest BCUT2D eigenvalue weighted by atomic mass is 10.00. The van der Waals surface area contributed by atoms with Crippen LogP contribution in [0.25, 0.3) is 0 Å². The minimum absolute atomic E-state index is 0.308. The summed E-state index contributed by atoms with van der Waals surface area (Å²) in [6, 6.07) is 0.604. The Labute approximate surface area is 86.8 Å². The Kier molecular flexibility index (Phi) is 5.45. The van der Waals surface area contributed by atoms with Gasteiger partial charge in [-0.25, -0.2) is 0 Å². The molecule has 2 atom stereocenters. The molecule has 3 nitrogen and oxygen atoms in total. The van der Waals surface area contributed by atoms with Crippen molar-refractivity contribution in [2.75, 3.05) is 13.2 Å². The number of hydrogen-bond acceptors (Lipinski definition) is 3. The Balaban J connectivity index is 2.10. The molecule has 0 amide bonds. The Hall–Kier alpha value is -0.120. The van der Waals surface area contributed by atoms with E-state index in [1.807, 2.05) is 0 Å². The third-order valence-corrected chi connectivity index (χ3v) is 2.72. The first-order chi connectivity index (χ1) is 6.72. The summed E-state index contributed by atoms with van der Waals surface area (Å²) >= 11 is 0. The van der Waals surface area contributed by atoms with Gasteiger partial charge in [0.2, 0.25) is 0 Å². The van der Waals surface area contributed by atoms with E-state index >= 15 is 0 Å². The number of hydrogen-bond donors (Lipinski definition) is 2.